The van der Waals surface area contributed by atoms with Crippen LogP contribution in [0.4, 0.5) is 10.1 Å². The van der Waals surface area contributed by atoms with Crippen LogP contribution in [0.15, 0.2) is 72.8 Å². The highest BCUT2D eigenvalue weighted by atomic mass is 32.1. The highest BCUT2D eigenvalue weighted by Crippen LogP contribution is 2.29. The van der Waals surface area contributed by atoms with Crippen molar-refractivity contribution in [1.29, 1.82) is 0 Å². The Morgan fingerprint density at radius 3 is 2.53 bits per heavy atom. The van der Waals surface area contributed by atoms with Crippen molar-refractivity contribution in [2.45, 2.75) is 13.5 Å². The van der Waals surface area contributed by atoms with Crippen LogP contribution in [-0.4, -0.2) is 17.9 Å². The molecule has 0 fully saturated rings. The third-order valence-electron chi connectivity index (χ3n) is 4.06. The van der Waals surface area contributed by atoms with E-state index in [-0.39, 0.29) is 12.4 Å². The molecule has 0 saturated heterocycles. The maximum atomic E-state index is 13.8. The number of hydrogen-bond donors (Lipinski definition) is 3. The number of thiocarbonyl (C=S) groups is 1. The molecule has 0 aliphatic heterocycles. The van der Waals surface area contributed by atoms with Gasteiger partial charge in [-0.1, -0.05) is 36.4 Å². The minimum Gasteiger partial charge on any atom is -0.490 e. The lowest BCUT2D eigenvalue weighted by Crippen LogP contribution is -2.82. The summed E-state index contributed by atoms with van der Waals surface area (Å²) in [6.45, 7) is 2.50. The van der Waals surface area contributed by atoms with Gasteiger partial charge in [0, 0.05) is 16.8 Å². The van der Waals surface area contributed by atoms with Gasteiger partial charge in [0.05, 0.1) is 6.61 Å². The fraction of sp³-hybridized carbons (Fsp3) is 0.130. The van der Waals surface area contributed by atoms with Crippen molar-refractivity contribution in [3.05, 3.63) is 89.7 Å². The SMILES string of the molecule is CCOc1cc(C=[NH+]NC(=S)Nc2ccccc2)ccc1OCc1ccccc1F. The van der Waals surface area contributed by atoms with Crippen molar-refractivity contribution >= 4 is 29.2 Å². The third-order valence-corrected chi connectivity index (χ3v) is 4.27. The van der Waals surface area contributed by atoms with E-state index >= 15 is 0 Å². The Balaban J connectivity index is 1.61. The highest BCUT2D eigenvalue weighted by molar-refractivity contribution is 7.80. The molecule has 0 amide bonds. The number of nitrogens with one attached hydrogen (secondary N) is 3. The summed E-state index contributed by atoms with van der Waals surface area (Å²) in [5.74, 6) is 0.830. The van der Waals surface area contributed by atoms with Crippen LogP contribution in [0.2, 0.25) is 0 Å². The Bertz CT molecular complexity index is 1010. The largest absolute Gasteiger partial charge is 0.490 e. The summed E-state index contributed by atoms with van der Waals surface area (Å²) in [4.78, 5) is 0. The molecule has 30 heavy (non-hydrogen) atoms. The Labute approximate surface area is 180 Å². The maximum Gasteiger partial charge on any atom is 0.228 e. The van der Waals surface area contributed by atoms with Gasteiger partial charge in [0.1, 0.15) is 12.4 Å². The Morgan fingerprint density at radius 2 is 1.77 bits per heavy atom. The molecule has 0 aromatic heterocycles. The lowest BCUT2D eigenvalue weighted by atomic mass is 10.2. The number of hydrazine groups is 1. The number of benzene rings is 3. The van der Waals surface area contributed by atoms with Gasteiger partial charge in [-0.3, -0.25) is 0 Å². The van der Waals surface area contributed by atoms with E-state index < -0.39 is 0 Å². The summed E-state index contributed by atoms with van der Waals surface area (Å²) in [6, 6.07) is 21.7. The molecule has 3 rings (SSSR count). The van der Waals surface area contributed by atoms with Crippen LogP contribution in [0, 0.1) is 5.82 Å². The van der Waals surface area contributed by atoms with Gasteiger partial charge in [-0.25, -0.2) is 4.39 Å². The van der Waals surface area contributed by atoms with E-state index in [2.05, 4.69) is 15.8 Å². The Morgan fingerprint density at radius 1 is 1.00 bits per heavy atom. The zero-order valence-electron chi connectivity index (χ0n) is 16.5. The maximum absolute atomic E-state index is 13.8. The second kappa shape index (κ2) is 10.9. The summed E-state index contributed by atoms with van der Waals surface area (Å²) >= 11 is 5.25. The first-order chi connectivity index (χ1) is 14.7. The van der Waals surface area contributed by atoms with Gasteiger partial charge in [0.25, 0.3) is 0 Å². The summed E-state index contributed by atoms with van der Waals surface area (Å²) in [5, 5.41) is 6.46. The average molecular weight is 425 g/mol. The first-order valence-corrected chi connectivity index (χ1v) is 9.90. The summed E-state index contributed by atoms with van der Waals surface area (Å²) < 4.78 is 25.3. The number of halogens is 1. The number of hydrazone groups is 1. The van der Waals surface area contributed by atoms with Crippen LogP contribution in [0.5, 0.6) is 11.5 Å². The molecule has 0 unspecified atom stereocenters. The minimum atomic E-state index is -0.296. The van der Waals surface area contributed by atoms with Crippen molar-refractivity contribution in [2.75, 3.05) is 11.9 Å². The van der Waals surface area contributed by atoms with Crippen LogP contribution in [0.3, 0.4) is 0 Å². The van der Waals surface area contributed by atoms with E-state index in [0.717, 1.165) is 11.3 Å². The van der Waals surface area contributed by atoms with Gasteiger partial charge < -0.3 is 14.8 Å². The number of ether oxygens (including phenoxy) is 2. The van der Waals surface area contributed by atoms with Gasteiger partial charge in [-0.2, -0.15) is 0 Å². The molecule has 0 heterocycles. The third kappa shape index (κ3) is 6.28. The van der Waals surface area contributed by atoms with Crippen LogP contribution in [-0.2, 0) is 6.61 Å². The van der Waals surface area contributed by atoms with Crippen molar-refractivity contribution < 1.29 is 19.0 Å². The van der Waals surface area contributed by atoms with Crippen molar-refractivity contribution in [3.63, 3.8) is 0 Å². The van der Waals surface area contributed by atoms with Crippen LogP contribution in [0.25, 0.3) is 0 Å². The second-order valence-electron chi connectivity index (χ2n) is 6.25. The molecule has 0 aliphatic carbocycles. The van der Waals surface area contributed by atoms with Gasteiger partial charge in [0.15, 0.2) is 17.7 Å². The number of hydrogen-bond acceptors (Lipinski definition) is 3. The molecular formula is C23H23FN3O2S+. The van der Waals surface area contributed by atoms with Crippen molar-refractivity contribution in [3.8, 4) is 11.5 Å². The smallest absolute Gasteiger partial charge is 0.228 e. The van der Waals surface area contributed by atoms with Crippen molar-refractivity contribution in [2.24, 2.45) is 0 Å². The normalized spacial score (nSPS) is 10.6. The van der Waals surface area contributed by atoms with E-state index in [9.17, 15) is 4.39 Å². The quantitative estimate of drug-likeness (QED) is 0.295. The summed E-state index contributed by atoms with van der Waals surface area (Å²) in [7, 11) is 0. The standard InChI is InChI=1S/C23H22FN3O2S/c1-2-28-22-14-17(15-25-27-23(30)26-19-9-4-3-5-10-19)12-13-21(22)29-16-18-8-6-7-11-20(18)24/h3-15H,2,16H2,1H3,(H2,26,27,30)/p+1. The van der Waals surface area contributed by atoms with Gasteiger partial charge >= 0.3 is 0 Å². The molecule has 0 bridgehead atoms. The van der Waals surface area contributed by atoms with Crippen LogP contribution < -0.4 is 25.3 Å². The Kier molecular flexibility index (Phi) is 7.74. The topological polar surface area (TPSA) is 56.5 Å². The first kappa shape index (κ1) is 21.3. The molecule has 0 saturated carbocycles. The molecule has 0 aliphatic rings. The highest BCUT2D eigenvalue weighted by Gasteiger charge is 2.09. The van der Waals surface area contributed by atoms with E-state index in [4.69, 9.17) is 21.7 Å². The van der Waals surface area contributed by atoms with E-state index in [0.29, 0.717) is 28.8 Å². The lowest BCUT2D eigenvalue weighted by molar-refractivity contribution is -0.499. The fourth-order valence-electron chi connectivity index (χ4n) is 2.64. The summed E-state index contributed by atoms with van der Waals surface area (Å²) in [5.41, 5.74) is 5.14. The first-order valence-electron chi connectivity index (χ1n) is 9.49. The van der Waals surface area contributed by atoms with Gasteiger partial charge in [0.2, 0.25) is 5.11 Å². The molecule has 3 aromatic carbocycles. The molecule has 154 valence electrons. The summed E-state index contributed by atoms with van der Waals surface area (Å²) in [6.07, 6.45) is 1.75. The molecule has 7 heteroatoms. The number of anilines is 1. The molecule has 3 N–H and O–H groups in total. The molecule has 3 aromatic rings. The number of rotatable bonds is 8. The zero-order valence-corrected chi connectivity index (χ0v) is 17.3. The minimum absolute atomic E-state index is 0.120. The van der Waals surface area contributed by atoms with Gasteiger partial charge in [-0.05, 0) is 55.5 Å². The van der Waals surface area contributed by atoms with E-state index in [1.807, 2.05) is 49.4 Å². The fourth-order valence-corrected chi connectivity index (χ4v) is 2.82. The molecular weight excluding hydrogens is 401 g/mol. The van der Waals surface area contributed by atoms with E-state index in [1.54, 1.807) is 30.5 Å². The predicted molar refractivity (Wildman–Crippen MR) is 120 cm³/mol. The van der Waals surface area contributed by atoms with Crippen LogP contribution in [0.1, 0.15) is 18.1 Å². The average Bonchev–Trinajstić information content (AvgIpc) is 2.75. The zero-order chi connectivity index (χ0) is 21.2. The van der Waals surface area contributed by atoms with Crippen LogP contribution >= 0.6 is 12.2 Å². The van der Waals surface area contributed by atoms with Gasteiger partial charge in [-0.15, -0.1) is 10.5 Å². The number of para-hydroxylation sites is 1. The Hall–Kier alpha value is -3.45. The second-order valence-corrected chi connectivity index (χ2v) is 6.66. The van der Waals surface area contributed by atoms with E-state index in [1.165, 1.54) is 6.07 Å². The lowest BCUT2D eigenvalue weighted by Gasteiger charge is -2.12. The molecule has 0 spiro atoms. The molecule has 5 nitrogen and oxygen atoms in total. The molecule has 0 atom stereocenters. The predicted octanol–water partition coefficient (Wildman–Crippen LogP) is 3.20. The van der Waals surface area contributed by atoms with Crippen molar-refractivity contribution in [1.82, 2.24) is 5.43 Å². The monoisotopic (exact) mass is 424 g/mol. The molecule has 0 radical (unpaired) electrons.